The summed E-state index contributed by atoms with van der Waals surface area (Å²) in [5.74, 6) is 0. The zero-order valence-corrected chi connectivity index (χ0v) is 12.7. The van der Waals surface area contributed by atoms with Crippen molar-refractivity contribution in [3.05, 3.63) is 10.5 Å². The lowest BCUT2D eigenvalue weighted by atomic mass is 9.73. The number of rotatable bonds is 0. The molecule has 0 spiro atoms. The Morgan fingerprint density at radius 1 is 1.12 bits per heavy atom. The highest BCUT2D eigenvalue weighted by Gasteiger charge is 2.36. The minimum atomic E-state index is -3.30. The molecule has 0 unspecified atom stereocenters. The van der Waals surface area contributed by atoms with Gasteiger partial charge in [0.05, 0.1) is 4.91 Å². The van der Waals surface area contributed by atoms with Gasteiger partial charge >= 0.3 is 0 Å². The Hall–Kier alpha value is -0.350. The van der Waals surface area contributed by atoms with Crippen molar-refractivity contribution in [1.29, 1.82) is 0 Å². The molecule has 0 bridgehead atoms. The predicted molar refractivity (Wildman–Crippen MR) is 72.1 cm³/mol. The molecule has 1 saturated heterocycles. The van der Waals surface area contributed by atoms with Gasteiger partial charge in [-0.3, -0.25) is 0 Å². The van der Waals surface area contributed by atoms with Crippen molar-refractivity contribution in [3.63, 3.8) is 0 Å². The van der Waals surface area contributed by atoms with Crippen molar-refractivity contribution in [2.75, 3.05) is 6.54 Å². The van der Waals surface area contributed by atoms with Crippen molar-refractivity contribution in [1.82, 2.24) is 4.72 Å². The molecule has 0 aromatic heterocycles. The van der Waals surface area contributed by atoms with Crippen LogP contribution in [0, 0.1) is 10.8 Å². The van der Waals surface area contributed by atoms with Gasteiger partial charge in [-0.15, -0.1) is 0 Å². The number of sulfonamides is 1. The van der Waals surface area contributed by atoms with Crippen molar-refractivity contribution < 1.29 is 8.42 Å². The molecule has 0 aromatic carbocycles. The van der Waals surface area contributed by atoms with Crippen LogP contribution >= 0.6 is 0 Å². The number of hydrogen-bond acceptors (Lipinski definition) is 2. The Bertz CT molecular complexity index is 426. The van der Waals surface area contributed by atoms with Gasteiger partial charge in [0.15, 0.2) is 0 Å². The van der Waals surface area contributed by atoms with Gasteiger partial charge in [-0.2, -0.15) is 0 Å². The van der Waals surface area contributed by atoms with Crippen LogP contribution in [0.3, 0.4) is 0 Å². The van der Waals surface area contributed by atoms with Crippen LogP contribution in [0.2, 0.25) is 0 Å². The van der Waals surface area contributed by atoms with E-state index < -0.39 is 10.0 Å². The van der Waals surface area contributed by atoms with E-state index in [1.807, 2.05) is 13.8 Å². The van der Waals surface area contributed by atoms with Crippen molar-refractivity contribution in [2.45, 2.75) is 54.4 Å². The third-order valence-corrected chi connectivity index (χ3v) is 4.94. The molecule has 1 fully saturated rings. The van der Waals surface area contributed by atoms with Crippen LogP contribution in [-0.2, 0) is 10.0 Å². The van der Waals surface area contributed by atoms with Gasteiger partial charge in [0, 0.05) is 6.54 Å². The highest BCUT2D eigenvalue weighted by atomic mass is 32.2. The molecule has 0 saturated carbocycles. The average Bonchev–Trinajstić information content (AvgIpc) is 2.08. The van der Waals surface area contributed by atoms with Crippen LogP contribution in [0.5, 0.6) is 0 Å². The van der Waals surface area contributed by atoms with Gasteiger partial charge in [0.1, 0.15) is 0 Å². The maximum Gasteiger partial charge on any atom is 0.236 e. The van der Waals surface area contributed by atoms with Crippen LogP contribution < -0.4 is 4.72 Å². The Balaban J connectivity index is 3.22. The summed E-state index contributed by atoms with van der Waals surface area (Å²) in [5, 5.41) is 0. The molecular weight excluding hydrogens is 234 g/mol. The Morgan fingerprint density at radius 2 is 1.65 bits per heavy atom. The number of allylic oxidation sites excluding steroid dienone is 2. The Kier molecular flexibility index (Phi) is 3.80. The summed E-state index contributed by atoms with van der Waals surface area (Å²) in [7, 11) is -3.30. The minimum absolute atomic E-state index is 0.00372. The first-order valence-corrected chi connectivity index (χ1v) is 7.60. The fourth-order valence-electron chi connectivity index (χ4n) is 2.77. The first-order chi connectivity index (χ1) is 7.45. The zero-order chi connectivity index (χ0) is 13.5. The van der Waals surface area contributed by atoms with Crippen LogP contribution in [0.15, 0.2) is 10.5 Å². The summed E-state index contributed by atoms with van der Waals surface area (Å²) in [4.78, 5) is 0.568. The largest absolute Gasteiger partial charge is 0.236 e. The van der Waals surface area contributed by atoms with E-state index in [1.54, 1.807) is 0 Å². The second kappa shape index (κ2) is 4.39. The van der Waals surface area contributed by atoms with Crippen LogP contribution in [0.25, 0.3) is 0 Å². The third kappa shape index (κ3) is 3.81. The molecule has 1 heterocycles. The summed E-state index contributed by atoms with van der Waals surface area (Å²) in [6.07, 6.45) is 1.63. The standard InChI is InChI=1S/C13H25NO2S/c1-10(2)11-7-12(3,4)8-13(5,6)9-14-17(11,15)16/h14H,7-9H2,1-6H3. The molecule has 0 aliphatic carbocycles. The molecule has 1 rings (SSSR count). The molecule has 0 amide bonds. The van der Waals surface area contributed by atoms with Gasteiger partial charge in [-0.1, -0.05) is 33.3 Å². The van der Waals surface area contributed by atoms with Crippen molar-refractivity contribution in [3.8, 4) is 0 Å². The molecule has 17 heavy (non-hydrogen) atoms. The van der Waals surface area contributed by atoms with E-state index >= 15 is 0 Å². The summed E-state index contributed by atoms with van der Waals surface area (Å²) in [6.45, 7) is 12.8. The molecule has 0 radical (unpaired) electrons. The Labute approximate surface area is 106 Å². The molecule has 1 aliphatic rings. The minimum Gasteiger partial charge on any atom is -0.211 e. The van der Waals surface area contributed by atoms with E-state index in [0.29, 0.717) is 17.9 Å². The van der Waals surface area contributed by atoms with Crippen molar-refractivity contribution >= 4 is 10.0 Å². The van der Waals surface area contributed by atoms with E-state index in [2.05, 4.69) is 32.4 Å². The van der Waals surface area contributed by atoms with Gasteiger partial charge in [-0.05, 0) is 37.5 Å². The van der Waals surface area contributed by atoms with E-state index in [0.717, 1.165) is 12.0 Å². The predicted octanol–water partition coefficient (Wildman–Crippen LogP) is 3.05. The van der Waals surface area contributed by atoms with Crippen LogP contribution in [0.1, 0.15) is 54.4 Å². The summed E-state index contributed by atoms with van der Waals surface area (Å²) < 4.78 is 27.1. The molecule has 0 atom stereocenters. The van der Waals surface area contributed by atoms with Crippen LogP contribution in [-0.4, -0.2) is 15.0 Å². The lowest BCUT2D eigenvalue weighted by molar-refractivity contribution is 0.192. The molecule has 0 aromatic rings. The smallest absolute Gasteiger partial charge is 0.211 e. The molecule has 1 N–H and O–H groups in total. The molecule has 4 heteroatoms. The van der Waals surface area contributed by atoms with Gasteiger partial charge in [0.2, 0.25) is 10.0 Å². The van der Waals surface area contributed by atoms with Crippen molar-refractivity contribution in [2.24, 2.45) is 10.8 Å². The normalized spacial score (nSPS) is 27.1. The van der Waals surface area contributed by atoms with Gasteiger partial charge < -0.3 is 0 Å². The second-order valence-corrected chi connectivity index (χ2v) is 8.72. The van der Waals surface area contributed by atoms with E-state index in [1.165, 1.54) is 0 Å². The SMILES string of the molecule is CC(C)=C1CC(C)(C)CC(C)(C)CNS1(=O)=O. The van der Waals surface area contributed by atoms with E-state index in [4.69, 9.17) is 0 Å². The average molecular weight is 259 g/mol. The highest BCUT2D eigenvalue weighted by molar-refractivity contribution is 7.93. The second-order valence-electron chi connectivity index (χ2n) is 6.93. The quantitative estimate of drug-likeness (QED) is 0.727. The first kappa shape index (κ1) is 14.7. The summed E-state index contributed by atoms with van der Waals surface area (Å²) in [6, 6.07) is 0. The third-order valence-electron chi connectivity index (χ3n) is 3.22. The topological polar surface area (TPSA) is 46.2 Å². The monoisotopic (exact) mass is 259 g/mol. The van der Waals surface area contributed by atoms with E-state index in [9.17, 15) is 8.42 Å². The van der Waals surface area contributed by atoms with Gasteiger partial charge in [-0.25, -0.2) is 13.1 Å². The van der Waals surface area contributed by atoms with Gasteiger partial charge in [0.25, 0.3) is 0 Å². The molecule has 3 nitrogen and oxygen atoms in total. The zero-order valence-electron chi connectivity index (χ0n) is 11.8. The highest BCUT2D eigenvalue weighted by Crippen LogP contribution is 2.41. The first-order valence-electron chi connectivity index (χ1n) is 6.11. The maximum atomic E-state index is 12.2. The maximum absolute atomic E-state index is 12.2. The number of nitrogens with one attached hydrogen (secondary N) is 1. The van der Waals surface area contributed by atoms with Crippen LogP contribution in [0.4, 0.5) is 0 Å². The summed E-state index contributed by atoms with van der Waals surface area (Å²) >= 11 is 0. The lowest BCUT2D eigenvalue weighted by Gasteiger charge is -2.38. The number of hydrogen-bond donors (Lipinski definition) is 1. The molecule has 1 aliphatic heterocycles. The fraction of sp³-hybridized carbons (Fsp3) is 0.846. The lowest BCUT2D eigenvalue weighted by Crippen LogP contribution is -2.41. The molecule has 100 valence electrons. The van der Waals surface area contributed by atoms with E-state index in [-0.39, 0.29) is 10.8 Å². The summed E-state index contributed by atoms with van der Waals surface area (Å²) in [5.41, 5.74) is 0.917. The fourth-order valence-corrected chi connectivity index (χ4v) is 4.65. The Morgan fingerprint density at radius 3 is 2.12 bits per heavy atom. The molecular formula is C13H25NO2S.